The van der Waals surface area contributed by atoms with Crippen LogP contribution in [0.5, 0.6) is 5.75 Å². The lowest BCUT2D eigenvalue weighted by Crippen LogP contribution is -2.31. The minimum atomic E-state index is -4.74. The fraction of sp³-hybridized carbons (Fsp3) is 0.333. The molecule has 154 valence electrons. The molecule has 0 aliphatic rings. The van der Waals surface area contributed by atoms with Gasteiger partial charge in [-0.1, -0.05) is 25.6 Å². The fourth-order valence-corrected chi connectivity index (χ4v) is 2.71. The van der Waals surface area contributed by atoms with Gasteiger partial charge in [0.25, 0.3) is 5.91 Å². The quantitative estimate of drug-likeness (QED) is 0.661. The summed E-state index contributed by atoms with van der Waals surface area (Å²) in [4.78, 5) is 17.2. The third-order valence-electron chi connectivity index (χ3n) is 2.96. The Kier molecular flexibility index (Phi) is 9.07. The van der Waals surface area contributed by atoms with Gasteiger partial charge < -0.3 is 20.9 Å². The lowest BCUT2D eigenvalue weighted by Gasteiger charge is -2.10. The number of anilines is 1. The molecule has 2 rings (SSSR count). The molecular formula is C18H22F3N3O3S. The Hall–Kier alpha value is -2.46. The van der Waals surface area contributed by atoms with Crippen molar-refractivity contribution in [3.8, 4) is 5.75 Å². The Bertz CT molecular complexity index is 769. The first-order valence-corrected chi connectivity index (χ1v) is 9.21. The summed E-state index contributed by atoms with van der Waals surface area (Å²) in [7, 11) is 0. The first kappa shape index (κ1) is 23.6. The lowest BCUT2D eigenvalue weighted by molar-refractivity contribution is -0.274. The second kappa shape index (κ2) is 10.8. The van der Waals surface area contributed by atoms with Crippen LogP contribution in [0, 0.1) is 0 Å². The number of halogens is 3. The molecule has 1 amide bonds. The van der Waals surface area contributed by atoms with E-state index in [1.807, 2.05) is 13.8 Å². The number of nitrogens with two attached hydrogens (primary N) is 1. The van der Waals surface area contributed by atoms with Gasteiger partial charge in [-0.05, 0) is 37.3 Å². The summed E-state index contributed by atoms with van der Waals surface area (Å²) in [6, 6.07) is 6.86. The Morgan fingerprint density at radius 3 is 2.39 bits per heavy atom. The number of benzene rings is 1. The van der Waals surface area contributed by atoms with Crippen molar-refractivity contribution in [2.24, 2.45) is 0 Å². The lowest BCUT2D eigenvalue weighted by atomic mass is 10.3. The van der Waals surface area contributed by atoms with Crippen molar-refractivity contribution in [3.05, 3.63) is 42.2 Å². The highest BCUT2D eigenvalue weighted by molar-refractivity contribution is 7.99. The number of nitrogen functional groups attached to an aromatic ring is 1. The van der Waals surface area contributed by atoms with Crippen LogP contribution in [0.15, 0.2) is 46.3 Å². The van der Waals surface area contributed by atoms with E-state index in [0.29, 0.717) is 9.79 Å². The number of hydrogen-bond donors (Lipinski definition) is 3. The summed E-state index contributed by atoms with van der Waals surface area (Å²) in [5, 5.41) is 11.7. The van der Waals surface area contributed by atoms with Crippen LogP contribution in [0.1, 0.15) is 31.3 Å². The van der Waals surface area contributed by atoms with Gasteiger partial charge in [0.05, 0.1) is 11.8 Å². The van der Waals surface area contributed by atoms with Gasteiger partial charge in [-0.3, -0.25) is 4.79 Å². The maximum atomic E-state index is 12.1. The van der Waals surface area contributed by atoms with Crippen LogP contribution in [0.25, 0.3) is 0 Å². The molecular weight excluding hydrogens is 395 g/mol. The number of amides is 1. The second-order valence-corrected chi connectivity index (χ2v) is 6.44. The first-order chi connectivity index (χ1) is 13.1. The molecule has 10 heteroatoms. The third-order valence-corrected chi connectivity index (χ3v) is 3.93. The van der Waals surface area contributed by atoms with Crippen molar-refractivity contribution in [2.75, 3.05) is 12.3 Å². The largest absolute Gasteiger partial charge is 0.573 e. The summed E-state index contributed by atoms with van der Waals surface area (Å²) in [5.74, 6) is -0.821. The number of aromatic nitrogens is 1. The van der Waals surface area contributed by atoms with E-state index in [1.165, 1.54) is 55.2 Å². The van der Waals surface area contributed by atoms with Crippen LogP contribution in [-0.4, -0.2) is 35.0 Å². The topological polar surface area (TPSA) is 97.5 Å². The number of carbonyl (C=O) groups excluding carboxylic acids is 1. The molecule has 0 aliphatic carbocycles. The summed E-state index contributed by atoms with van der Waals surface area (Å²) >= 11 is 1.22. The zero-order chi connectivity index (χ0) is 21.3. The predicted octanol–water partition coefficient (Wildman–Crippen LogP) is 3.85. The molecule has 0 radical (unpaired) electrons. The number of carbonyl (C=O) groups is 1. The van der Waals surface area contributed by atoms with Crippen LogP contribution in [0.3, 0.4) is 0 Å². The third kappa shape index (κ3) is 8.05. The Morgan fingerprint density at radius 1 is 1.29 bits per heavy atom. The van der Waals surface area contributed by atoms with Crippen LogP contribution < -0.4 is 15.8 Å². The number of nitrogens with zero attached hydrogens (tertiary/aromatic N) is 1. The van der Waals surface area contributed by atoms with Crippen molar-refractivity contribution < 1.29 is 27.8 Å². The van der Waals surface area contributed by atoms with E-state index in [4.69, 9.17) is 10.8 Å². The standard InChI is InChI=1S/C16H16F3N3O3S.C2H6/c1-9(23)7-22-15(24)14-13(20)6-12(8-21-14)26-11-4-2-10(3-5-11)25-16(17,18)19;1-2/h2-6,8-9,23H,7,20H2,1H3,(H,22,24);1-2H3. The van der Waals surface area contributed by atoms with Crippen LogP contribution in [0.4, 0.5) is 18.9 Å². The minimum Gasteiger partial charge on any atom is -0.406 e. The smallest absolute Gasteiger partial charge is 0.406 e. The van der Waals surface area contributed by atoms with E-state index in [1.54, 1.807) is 0 Å². The molecule has 0 bridgehead atoms. The van der Waals surface area contributed by atoms with Gasteiger partial charge in [-0.15, -0.1) is 13.2 Å². The first-order valence-electron chi connectivity index (χ1n) is 8.39. The van der Waals surface area contributed by atoms with E-state index in [0.717, 1.165) is 0 Å². The fourth-order valence-electron chi connectivity index (χ4n) is 1.88. The van der Waals surface area contributed by atoms with Gasteiger partial charge in [0.15, 0.2) is 5.69 Å². The van der Waals surface area contributed by atoms with E-state index >= 15 is 0 Å². The van der Waals surface area contributed by atoms with Crippen LogP contribution in [0.2, 0.25) is 0 Å². The zero-order valence-electron chi connectivity index (χ0n) is 15.6. The van der Waals surface area contributed by atoms with Crippen LogP contribution in [-0.2, 0) is 0 Å². The molecule has 4 N–H and O–H groups in total. The van der Waals surface area contributed by atoms with Gasteiger partial charge in [-0.2, -0.15) is 0 Å². The maximum Gasteiger partial charge on any atom is 0.573 e. The molecule has 2 aromatic rings. The molecule has 1 heterocycles. The average molecular weight is 417 g/mol. The molecule has 6 nitrogen and oxygen atoms in total. The molecule has 1 aromatic heterocycles. The van der Waals surface area contributed by atoms with E-state index in [9.17, 15) is 18.0 Å². The van der Waals surface area contributed by atoms with Crippen molar-refractivity contribution >= 4 is 23.4 Å². The zero-order valence-corrected chi connectivity index (χ0v) is 16.4. The molecule has 0 spiro atoms. The monoisotopic (exact) mass is 417 g/mol. The number of rotatable bonds is 6. The van der Waals surface area contributed by atoms with Gasteiger partial charge in [0.2, 0.25) is 0 Å². The molecule has 1 aromatic carbocycles. The Balaban J connectivity index is 0.00000190. The van der Waals surface area contributed by atoms with E-state index in [-0.39, 0.29) is 23.7 Å². The SMILES string of the molecule is CC.CC(O)CNC(=O)c1ncc(Sc2ccc(OC(F)(F)F)cc2)cc1N. The normalized spacial score (nSPS) is 11.8. The van der Waals surface area contributed by atoms with E-state index in [2.05, 4.69) is 15.0 Å². The Morgan fingerprint density at radius 2 is 1.89 bits per heavy atom. The van der Waals surface area contributed by atoms with Gasteiger partial charge >= 0.3 is 6.36 Å². The van der Waals surface area contributed by atoms with Crippen LogP contribution >= 0.6 is 11.8 Å². The molecule has 1 atom stereocenters. The van der Waals surface area contributed by atoms with Crippen molar-refractivity contribution in [1.29, 1.82) is 0 Å². The van der Waals surface area contributed by atoms with Gasteiger partial charge in [-0.25, -0.2) is 4.98 Å². The van der Waals surface area contributed by atoms with Crippen molar-refractivity contribution in [3.63, 3.8) is 0 Å². The number of aliphatic hydroxyl groups is 1. The molecule has 1 unspecified atom stereocenters. The minimum absolute atomic E-state index is 0.0314. The number of alkyl halides is 3. The van der Waals surface area contributed by atoms with Gasteiger partial charge in [0.1, 0.15) is 5.75 Å². The van der Waals surface area contributed by atoms with Crippen molar-refractivity contribution in [2.45, 2.75) is 43.0 Å². The number of pyridine rings is 1. The summed E-state index contributed by atoms with van der Waals surface area (Å²) in [5.41, 5.74) is 6.01. The summed E-state index contributed by atoms with van der Waals surface area (Å²) < 4.78 is 40.2. The number of hydrogen-bond acceptors (Lipinski definition) is 6. The molecule has 0 fully saturated rings. The summed E-state index contributed by atoms with van der Waals surface area (Å²) in [6.45, 7) is 5.60. The second-order valence-electron chi connectivity index (χ2n) is 5.29. The number of nitrogens with one attached hydrogen (secondary N) is 1. The predicted molar refractivity (Wildman–Crippen MR) is 101 cm³/mol. The molecule has 28 heavy (non-hydrogen) atoms. The average Bonchev–Trinajstić information content (AvgIpc) is 2.62. The molecule has 0 saturated carbocycles. The Labute approximate surface area is 165 Å². The molecule has 0 aliphatic heterocycles. The highest BCUT2D eigenvalue weighted by Crippen LogP contribution is 2.31. The number of ether oxygens (including phenoxy) is 1. The van der Waals surface area contributed by atoms with Gasteiger partial charge in [0, 0.05) is 22.5 Å². The highest BCUT2D eigenvalue weighted by Gasteiger charge is 2.30. The summed E-state index contributed by atoms with van der Waals surface area (Å²) in [6.07, 6.45) is -4.00. The number of aliphatic hydroxyl groups excluding tert-OH is 1. The molecule has 0 saturated heterocycles. The van der Waals surface area contributed by atoms with E-state index < -0.39 is 18.4 Å². The highest BCUT2D eigenvalue weighted by atomic mass is 32.2. The van der Waals surface area contributed by atoms with Crippen molar-refractivity contribution in [1.82, 2.24) is 10.3 Å². The maximum absolute atomic E-state index is 12.1.